The fraction of sp³-hybridized carbons (Fsp3) is 0.571. The number of rotatable bonds is 3. The standard InChI is InChI=1S/C14H20F2N2/c1-10(11-5-6-13(15)14(16)8-11)18-7-3-4-12(9-18)17-2/h5-6,8,10,12,17H,3-4,7,9H2,1-2H3. The summed E-state index contributed by atoms with van der Waals surface area (Å²) in [5.74, 6) is -1.54. The molecule has 1 heterocycles. The molecule has 2 nitrogen and oxygen atoms in total. The molecule has 18 heavy (non-hydrogen) atoms. The third kappa shape index (κ3) is 2.87. The van der Waals surface area contributed by atoms with Crippen molar-refractivity contribution >= 4 is 0 Å². The third-order valence-electron chi connectivity index (χ3n) is 3.83. The summed E-state index contributed by atoms with van der Waals surface area (Å²) in [6, 6.07) is 4.80. The molecule has 0 saturated carbocycles. The van der Waals surface area contributed by atoms with Gasteiger partial charge in [0, 0.05) is 18.6 Å². The fourth-order valence-corrected chi connectivity index (χ4v) is 2.58. The van der Waals surface area contributed by atoms with Crippen molar-refractivity contribution in [3.05, 3.63) is 35.4 Å². The lowest BCUT2D eigenvalue weighted by atomic mass is 10.0. The zero-order valence-corrected chi connectivity index (χ0v) is 10.9. The average Bonchev–Trinajstić information content (AvgIpc) is 2.41. The van der Waals surface area contributed by atoms with Crippen LogP contribution in [0, 0.1) is 11.6 Å². The van der Waals surface area contributed by atoms with Crippen LogP contribution in [-0.4, -0.2) is 31.1 Å². The van der Waals surface area contributed by atoms with Gasteiger partial charge in [-0.1, -0.05) is 6.07 Å². The largest absolute Gasteiger partial charge is 0.316 e. The van der Waals surface area contributed by atoms with E-state index in [0.29, 0.717) is 6.04 Å². The Balaban J connectivity index is 2.10. The van der Waals surface area contributed by atoms with Crippen LogP contribution in [0.5, 0.6) is 0 Å². The molecule has 2 atom stereocenters. The number of nitrogens with zero attached hydrogens (tertiary/aromatic N) is 1. The summed E-state index contributed by atoms with van der Waals surface area (Å²) in [5.41, 5.74) is 0.839. The number of halogens is 2. The molecule has 1 fully saturated rings. The Bertz CT molecular complexity index is 409. The zero-order valence-electron chi connectivity index (χ0n) is 10.9. The van der Waals surface area contributed by atoms with Gasteiger partial charge in [0.2, 0.25) is 0 Å². The van der Waals surface area contributed by atoms with Crippen molar-refractivity contribution in [2.45, 2.75) is 31.8 Å². The second-order valence-electron chi connectivity index (χ2n) is 4.97. The predicted octanol–water partition coefficient (Wildman–Crippen LogP) is 2.71. The first kappa shape index (κ1) is 13.4. The van der Waals surface area contributed by atoms with Crippen LogP contribution in [-0.2, 0) is 0 Å². The minimum atomic E-state index is -0.780. The van der Waals surface area contributed by atoms with Crippen LogP contribution < -0.4 is 5.32 Å². The Labute approximate surface area is 107 Å². The van der Waals surface area contributed by atoms with Crippen molar-refractivity contribution in [3.8, 4) is 0 Å². The van der Waals surface area contributed by atoms with Gasteiger partial charge in [-0.3, -0.25) is 4.90 Å². The molecule has 1 aliphatic rings. The van der Waals surface area contributed by atoms with E-state index in [2.05, 4.69) is 10.2 Å². The maximum Gasteiger partial charge on any atom is 0.159 e. The molecule has 0 spiro atoms. The minimum absolute atomic E-state index is 0.122. The molecule has 0 aliphatic carbocycles. The van der Waals surface area contributed by atoms with E-state index in [4.69, 9.17) is 0 Å². The number of benzene rings is 1. The van der Waals surface area contributed by atoms with Gasteiger partial charge in [0.05, 0.1) is 0 Å². The third-order valence-corrected chi connectivity index (χ3v) is 3.83. The van der Waals surface area contributed by atoms with E-state index in [1.807, 2.05) is 14.0 Å². The van der Waals surface area contributed by atoms with Crippen molar-refractivity contribution in [3.63, 3.8) is 0 Å². The smallest absolute Gasteiger partial charge is 0.159 e. The van der Waals surface area contributed by atoms with E-state index in [1.54, 1.807) is 6.07 Å². The molecule has 1 aliphatic heterocycles. The van der Waals surface area contributed by atoms with E-state index in [0.717, 1.165) is 25.1 Å². The first-order valence-electron chi connectivity index (χ1n) is 6.48. The van der Waals surface area contributed by atoms with Crippen LogP contribution in [0.2, 0.25) is 0 Å². The first-order valence-corrected chi connectivity index (χ1v) is 6.48. The van der Waals surface area contributed by atoms with Gasteiger partial charge in [-0.2, -0.15) is 0 Å². The van der Waals surface area contributed by atoms with Gasteiger partial charge in [0.15, 0.2) is 11.6 Å². The summed E-state index contributed by atoms with van der Waals surface area (Å²) in [6.07, 6.45) is 2.32. The molecule has 1 aromatic rings. The Morgan fingerprint density at radius 1 is 1.33 bits per heavy atom. The monoisotopic (exact) mass is 254 g/mol. The molecule has 1 saturated heterocycles. The highest BCUT2D eigenvalue weighted by atomic mass is 19.2. The molecule has 2 unspecified atom stereocenters. The highest BCUT2D eigenvalue weighted by molar-refractivity contribution is 5.21. The number of likely N-dealkylation sites (tertiary alicyclic amines) is 1. The summed E-state index contributed by atoms with van der Waals surface area (Å²) in [7, 11) is 1.97. The quantitative estimate of drug-likeness (QED) is 0.892. The van der Waals surface area contributed by atoms with Crippen LogP contribution in [0.4, 0.5) is 8.78 Å². The second-order valence-corrected chi connectivity index (χ2v) is 4.97. The summed E-state index contributed by atoms with van der Waals surface area (Å²) in [5, 5.41) is 3.28. The lowest BCUT2D eigenvalue weighted by molar-refractivity contribution is 0.149. The van der Waals surface area contributed by atoms with Crippen LogP contribution in [0.3, 0.4) is 0 Å². The highest BCUT2D eigenvalue weighted by Crippen LogP contribution is 2.25. The summed E-state index contributed by atoms with van der Waals surface area (Å²) >= 11 is 0. The van der Waals surface area contributed by atoms with Crippen LogP contribution >= 0.6 is 0 Å². The molecule has 100 valence electrons. The van der Waals surface area contributed by atoms with Crippen molar-refractivity contribution in [1.29, 1.82) is 0 Å². The maximum atomic E-state index is 13.2. The summed E-state index contributed by atoms with van der Waals surface area (Å²) < 4.78 is 26.2. The Morgan fingerprint density at radius 3 is 2.78 bits per heavy atom. The van der Waals surface area contributed by atoms with Gasteiger partial charge >= 0.3 is 0 Å². The van der Waals surface area contributed by atoms with E-state index in [9.17, 15) is 8.78 Å². The lowest BCUT2D eigenvalue weighted by Crippen LogP contribution is -2.45. The van der Waals surface area contributed by atoms with Gasteiger partial charge in [-0.05, 0) is 51.1 Å². The van der Waals surface area contributed by atoms with Crippen molar-refractivity contribution < 1.29 is 8.78 Å². The first-order chi connectivity index (χ1) is 8.61. The number of hydrogen-bond acceptors (Lipinski definition) is 2. The van der Waals surface area contributed by atoms with E-state index < -0.39 is 11.6 Å². The van der Waals surface area contributed by atoms with Gasteiger partial charge in [-0.25, -0.2) is 8.78 Å². The number of nitrogens with one attached hydrogen (secondary N) is 1. The van der Waals surface area contributed by atoms with Gasteiger partial charge in [0.1, 0.15) is 0 Å². The predicted molar refractivity (Wildman–Crippen MR) is 68.4 cm³/mol. The molecule has 0 amide bonds. The molecular formula is C14H20F2N2. The lowest BCUT2D eigenvalue weighted by Gasteiger charge is -2.37. The van der Waals surface area contributed by atoms with Crippen LogP contribution in [0.25, 0.3) is 0 Å². The maximum absolute atomic E-state index is 13.2. The molecule has 2 rings (SSSR count). The van der Waals surface area contributed by atoms with Gasteiger partial charge < -0.3 is 5.32 Å². The Morgan fingerprint density at radius 2 is 2.11 bits per heavy atom. The fourth-order valence-electron chi connectivity index (χ4n) is 2.58. The van der Waals surface area contributed by atoms with Crippen LogP contribution in [0.1, 0.15) is 31.4 Å². The van der Waals surface area contributed by atoms with Crippen molar-refractivity contribution in [2.75, 3.05) is 20.1 Å². The molecule has 4 heteroatoms. The van der Waals surface area contributed by atoms with E-state index in [1.165, 1.54) is 18.6 Å². The number of hydrogen-bond donors (Lipinski definition) is 1. The van der Waals surface area contributed by atoms with E-state index >= 15 is 0 Å². The van der Waals surface area contributed by atoms with Crippen LogP contribution in [0.15, 0.2) is 18.2 Å². The molecule has 0 bridgehead atoms. The molecule has 0 aromatic heterocycles. The normalized spacial score (nSPS) is 23.0. The Hall–Kier alpha value is -1.00. The van der Waals surface area contributed by atoms with Gasteiger partial charge in [-0.15, -0.1) is 0 Å². The Kier molecular flexibility index (Phi) is 4.30. The van der Waals surface area contributed by atoms with Gasteiger partial charge in [0.25, 0.3) is 0 Å². The molecular weight excluding hydrogens is 234 g/mol. The summed E-state index contributed by atoms with van der Waals surface area (Å²) in [6.45, 7) is 4.01. The highest BCUT2D eigenvalue weighted by Gasteiger charge is 2.23. The molecule has 1 aromatic carbocycles. The topological polar surface area (TPSA) is 15.3 Å². The van der Waals surface area contributed by atoms with Crippen molar-refractivity contribution in [1.82, 2.24) is 10.2 Å². The number of likely N-dealkylation sites (N-methyl/N-ethyl adjacent to an activating group) is 1. The minimum Gasteiger partial charge on any atom is -0.316 e. The second kappa shape index (κ2) is 5.76. The number of piperidine rings is 1. The summed E-state index contributed by atoms with van der Waals surface area (Å²) in [4.78, 5) is 2.32. The molecule has 0 radical (unpaired) electrons. The SMILES string of the molecule is CNC1CCCN(C(C)c2ccc(F)c(F)c2)C1. The molecule has 1 N–H and O–H groups in total. The zero-order chi connectivity index (χ0) is 13.1. The average molecular weight is 254 g/mol. The van der Waals surface area contributed by atoms with E-state index in [-0.39, 0.29) is 6.04 Å². The van der Waals surface area contributed by atoms with Crippen molar-refractivity contribution in [2.24, 2.45) is 0 Å².